The molecule has 2 saturated heterocycles. The molecule has 25 heavy (non-hydrogen) atoms. The molecule has 0 atom stereocenters. The number of nitrogens with zero attached hydrogens (tertiary/aromatic N) is 3. The van der Waals surface area contributed by atoms with E-state index in [0.717, 1.165) is 37.1 Å². The summed E-state index contributed by atoms with van der Waals surface area (Å²) in [7, 11) is 0. The van der Waals surface area contributed by atoms with Crippen LogP contribution in [-0.4, -0.2) is 53.4 Å². The summed E-state index contributed by atoms with van der Waals surface area (Å²) in [4.78, 5) is 9.47. The van der Waals surface area contributed by atoms with Crippen LogP contribution in [0.4, 0.5) is 0 Å². The van der Waals surface area contributed by atoms with E-state index < -0.39 is 0 Å². The number of thioether (sulfide) groups is 1. The summed E-state index contributed by atoms with van der Waals surface area (Å²) in [6, 6.07) is 8.70. The molecule has 0 aliphatic carbocycles. The number of halogens is 1. The van der Waals surface area contributed by atoms with E-state index >= 15 is 0 Å². The van der Waals surface area contributed by atoms with Gasteiger partial charge in [-0.25, -0.2) is 4.99 Å². The van der Waals surface area contributed by atoms with Crippen molar-refractivity contribution in [1.82, 2.24) is 9.80 Å². The Labute approximate surface area is 173 Å². The third kappa shape index (κ3) is 6.32. The van der Waals surface area contributed by atoms with Crippen molar-refractivity contribution in [2.75, 3.05) is 37.7 Å². The van der Waals surface area contributed by atoms with Crippen LogP contribution in [0, 0.1) is 5.92 Å². The number of guanidine groups is 1. The van der Waals surface area contributed by atoms with Crippen molar-refractivity contribution in [3.63, 3.8) is 0 Å². The lowest BCUT2D eigenvalue weighted by Gasteiger charge is -2.30. The summed E-state index contributed by atoms with van der Waals surface area (Å²) in [5.74, 6) is 3.89. The summed E-state index contributed by atoms with van der Waals surface area (Å²) in [5.41, 5.74) is 8.91. The number of piperidine rings is 1. The van der Waals surface area contributed by atoms with Crippen LogP contribution in [0.3, 0.4) is 0 Å². The first-order valence-corrected chi connectivity index (χ1v) is 10.3. The highest BCUT2D eigenvalue weighted by Crippen LogP contribution is 2.20. The van der Waals surface area contributed by atoms with E-state index in [1.807, 2.05) is 11.8 Å². The van der Waals surface area contributed by atoms with Gasteiger partial charge < -0.3 is 10.6 Å². The third-order valence-corrected chi connectivity index (χ3v) is 6.08. The normalized spacial score (nSPS) is 20.4. The van der Waals surface area contributed by atoms with Crippen molar-refractivity contribution in [2.24, 2.45) is 16.6 Å². The van der Waals surface area contributed by atoms with Gasteiger partial charge in [-0.05, 0) is 43.0 Å². The number of rotatable bonds is 4. The van der Waals surface area contributed by atoms with Gasteiger partial charge in [0.05, 0.1) is 6.54 Å². The van der Waals surface area contributed by atoms with Crippen LogP contribution in [0.15, 0.2) is 29.3 Å². The fourth-order valence-electron chi connectivity index (χ4n) is 3.39. The minimum atomic E-state index is 0. The molecule has 140 valence electrons. The second kappa shape index (κ2) is 10.6. The predicted octanol–water partition coefficient (Wildman–Crippen LogP) is 3.40. The lowest BCUT2D eigenvalue weighted by molar-refractivity contribution is 0.185. The van der Waals surface area contributed by atoms with Gasteiger partial charge in [-0.3, -0.25) is 4.90 Å². The molecule has 2 aliphatic rings. The van der Waals surface area contributed by atoms with Crippen molar-refractivity contribution in [1.29, 1.82) is 0 Å². The van der Waals surface area contributed by atoms with E-state index in [4.69, 9.17) is 5.73 Å². The molecule has 1 aromatic carbocycles. The number of aliphatic imine (C=N–C) groups is 1. The summed E-state index contributed by atoms with van der Waals surface area (Å²) in [5, 5.41) is 0. The SMILES string of the molecule is CC1CCN(Cc2ccccc2CN=C(N)N2CCSCC2)CC1.I. The zero-order valence-electron chi connectivity index (χ0n) is 15.2. The van der Waals surface area contributed by atoms with Crippen LogP contribution in [0.2, 0.25) is 0 Å². The molecule has 0 amide bonds. The molecular formula is C19H31IN4S. The van der Waals surface area contributed by atoms with E-state index in [-0.39, 0.29) is 24.0 Å². The Morgan fingerprint density at radius 2 is 1.76 bits per heavy atom. The molecule has 1 aromatic rings. The molecule has 0 saturated carbocycles. The Hall–Kier alpha value is -0.470. The number of hydrogen-bond donors (Lipinski definition) is 1. The topological polar surface area (TPSA) is 44.9 Å². The Bertz CT molecular complexity index is 552. The molecule has 2 heterocycles. The quantitative estimate of drug-likeness (QED) is 0.413. The van der Waals surface area contributed by atoms with E-state index in [1.54, 1.807) is 0 Å². The number of hydrogen-bond acceptors (Lipinski definition) is 3. The predicted molar refractivity (Wildman–Crippen MR) is 120 cm³/mol. The molecule has 2 aliphatic heterocycles. The fraction of sp³-hybridized carbons (Fsp3) is 0.632. The molecule has 0 unspecified atom stereocenters. The third-order valence-electron chi connectivity index (χ3n) is 5.14. The minimum Gasteiger partial charge on any atom is -0.370 e. The maximum Gasteiger partial charge on any atom is 0.191 e. The van der Waals surface area contributed by atoms with Crippen molar-refractivity contribution in [3.8, 4) is 0 Å². The van der Waals surface area contributed by atoms with Crippen LogP contribution in [0.5, 0.6) is 0 Å². The van der Waals surface area contributed by atoms with Crippen LogP contribution in [0.1, 0.15) is 30.9 Å². The van der Waals surface area contributed by atoms with Gasteiger partial charge >= 0.3 is 0 Å². The minimum absolute atomic E-state index is 0. The zero-order chi connectivity index (χ0) is 16.8. The van der Waals surface area contributed by atoms with Crippen molar-refractivity contribution >= 4 is 41.7 Å². The van der Waals surface area contributed by atoms with E-state index in [2.05, 4.69) is 46.0 Å². The average molecular weight is 474 g/mol. The van der Waals surface area contributed by atoms with Gasteiger partial charge in [0.25, 0.3) is 0 Å². The Balaban J connectivity index is 0.00000225. The number of benzene rings is 1. The number of nitrogens with two attached hydrogens (primary N) is 1. The molecule has 3 rings (SSSR count). The average Bonchev–Trinajstić information content (AvgIpc) is 2.63. The molecule has 2 N–H and O–H groups in total. The molecule has 0 bridgehead atoms. The lowest BCUT2D eigenvalue weighted by atomic mass is 9.98. The van der Waals surface area contributed by atoms with Crippen LogP contribution >= 0.6 is 35.7 Å². The van der Waals surface area contributed by atoms with E-state index in [1.165, 1.54) is 37.1 Å². The smallest absolute Gasteiger partial charge is 0.191 e. The van der Waals surface area contributed by atoms with Gasteiger partial charge in [-0.2, -0.15) is 11.8 Å². The molecule has 0 radical (unpaired) electrons. The van der Waals surface area contributed by atoms with Gasteiger partial charge in [-0.1, -0.05) is 31.2 Å². The largest absolute Gasteiger partial charge is 0.370 e. The second-order valence-electron chi connectivity index (χ2n) is 7.00. The van der Waals surface area contributed by atoms with E-state index in [0.29, 0.717) is 12.5 Å². The molecule has 6 heteroatoms. The lowest BCUT2D eigenvalue weighted by Crippen LogP contribution is -2.42. The van der Waals surface area contributed by atoms with Crippen molar-refractivity contribution in [3.05, 3.63) is 35.4 Å². The molecule has 0 spiro atoms. The highest BCUT2D eigenvalue weighted by molar-refractivity contribution is 14.0. The molecule has 4 nitrogen and oxygen atoms in total. The number of likely N-dealkylation sites (tertiary alicyclic amines) is 1. The maximum absolute atomic E-state index is 6.20. The van der Waals surface area contributed by atoms with Gasteiger partial charge in [0.1, 0.15) is 0 Å². The van der Waals surface area contributed by atoms with Gasteiger partial charge in [0, 0.05) is 31.1 Å². The van der Waals surface area contributed by atoms with Crippen LogP contribution < -0.4 is 5.73 Å². The molecular weight excluding hydrogens is 443 g/mol. The highest BCUT2D eigenvalue weighted by Gasteiger charge is 2.17. The first-order valence-electron chi connectivity index (χ1n) is 9.14. The first-order chi connectivity index (χ1) is 11.7. The summed E-state index contributed by atoms with van der Waals surface area (Å²) in [6.07, 6.45) is 2.64. The summed E-state index contributed by atoms with van der Waals surface area (Å²) < 4.78 is 0. The molecule has 0 aromatic heterocycles. The Kier molecular flexibility index (Phi) is 8.85. The van der Waals surface area contributed by atoms with Gasteiger partial charge in [0.15, 0.2) is 5.96 Å². The van der Waals surface area contributed by atoms with Gasteiger partial charge in [0.2, 0.25) is 0 Å². The summed E-state index contributed by atoms with van der Waals surface area (Å²) in [6.45, 7) is 8.57. The standard InChI is InChI=1S/C19H30N4S.HI/c1-16-6-8-22(9-7-16)15-18-5-3-2-4-17(18)14-21-19(20)23-10-12-24-13-11-23;/h2-5,16H,6-15H2,1H3,(H2,20,21);1H. The van der Waals surface area contributed by atoms with Crippen molar-refractivity contribution < 1.29 is 0 Å². The van der Waals surface area contributed by atoms with Gasteiger partial charge in [-0.15, -0.1) is 24.0 Å². The maximum atomic E-state index is 6.20. The first kappa shape index (κ1) is 20.8. The Morgan fingerprint density at radius 1 is 1.12 bits per heavy atom. The monoisotopic (exact) mass is 474 g/mol. The van der Waals surface area contributed by atoms with Crippen LogP contribution in [0.25, 0.3) is 0 Å². The second-order valence-corrected chi connectivity index (χ2v) is 8.23. The zero-order valence-corrected chi connectivity index (χ0v) is 18.3. The van der Waals surface area contributed by atoms with Crippen LogP contribution in [-0.2, 0) is 13.1 Å². The Morgan fingerprint density at radius 3 is 2.44 bits per heavy atom. The fourth-order valence-corrected chi connectivity index (χ4v) is 4.29. The van der Waals surface area contributed by atoms with Crippen molar-refractivity contribution in [2.45, 2.75) is 32.9 Å². The summed E-state index contributed by atoms with van der Waals surface area (Å²) >= 11 is 1.99. The van der Waals surface area contributed by atoms with E-state index in [9.17, 15) is 0 Å². The highest BCUT2D eigenvalue weighted by atomic mass is 127. The molecule has 2 fully saturated rings.